The zero-order chi connectivity index (χ0) is 16.0. The summed E-state index contributed by atoms with van der Waals surface area (Å²) in [5.41, 5.74) is 3.92. The van der Waals surface area contributed by atoms with Crippen LogP contribution < -0.4 is 5.32 Å². The summed E-state index contributed by atoms with van der Waals surface area (Å²) in [7, 11) is 0. The lowest BCUT2D eigenvalue weighted by Crippen LogP contribution is -2.84. The molecule has 6 rings (SSSR count). The smallest absolute Gasteiger partial charge is 0.0241 e. The van der Waals surface area contributed by atoms with Gasteiger partial charge in [0.15, 0.2) is 0 Å². The molecule has 0 amide bonds. The summed E-state index contributed by atoms with van der Waals surface area (Å²) in [5.74, 6) is 1.80. The number of rotatable bonds is 5. The first kappa shape index (κ1) is 14.7. The Morgan fingerprint density at radius 2 is 1.46 bits per heavy atom. The molecule has 2 aromatic carbocycles. The first-order chi connectivity index (χ1) is 11.8. The molecule has 1 heteroatoms. The third-order valence-electron chi connectivity index (χ3n) is 7.16. The lowest BCUT2D eigenvalue weighted by Gasteiger charge is -2.79. The van der Waals surface area contributed by atoms with E-state index in [9.17, 15) is 0 Å². The Bertz CT molecular complexity index is 688. The second-order valence-electron chi connectivity index (χ2n) is 8.39. The van der Waals surface area contributed by atoms with Gasteiger partial charge in [0, 0.05) is 17.5 Å². The van der Waals surface area contributed by atoms with Crippen LogP contribution in [0.15, 0.2) is 60.7 Å². The number of nitrogens with one attached hydrogen (secondary N) is 1. The van der Waals surface area contributed by atoms with Gasteiger partial charge in [0.05, 0.1) is 0 Å². The molecule has 0 aliphatic heterocycles. The molecule has 24 heavy (non-hydrogen) atoms. The zero-order valence-corrected chi connectivity index (χ0v) is 14.4. The van der Waals surface area contributed by atoms with Crippen molar-refractivity contribution in [3.8, 4) is 0 Å². The molecule has 1 N–H and O–H groups in total. The van der Waals surface area contributed by atoms with Crippen molar-refractivity contribution in [2.45, 2.75) is 56.0 Å². The minimum atomic E-state index is 0.417. The first-order valence-corrected chi connectivity index (χ1v) is 9.67. The van der Waals surface area contributed by atoms with Gasteiger partial charge in [-0.15, -0.1) is 0 Å². The van der Waals surface area contributed by atoms with Gasteiger partial charge in [-0.3, -0.25) is 0 Å². The standard InChI is InChI=1S/C23H27N/c1-3-9-18(10-4-1)15-24-23-16-22(17-23,20-13-5-2-6-14-20)21(23)19-11-7-8-12-19/h1-6,9-10,13-14,19,21,24H,7-8,11-12,15-17H2/t21-,22?,23?/m0/s1. The molecule has 0 saturated heterocycles. The minimum Gasteiger partial charge on any atom is -0.307 e. The summed E-state index contributed by atoms with van der Waals surface area (Å²) in [6.07, 6.45) is 8.49. The molecule has 4 fully saturated rings. The quantitative estimate of drug-likeness (QED) is 0.812. The Kier molecular flexibility index (Phi) is 3.35. The van der Waals surface area contributed by atoms with Crippen molar-refractivity contribution in [1.82, 2.24) is 5.32 Å². The van der Waals surface area contributed by atoms with Crippen molar-refractivity contribution in [1.29, 1.82) is 0 Å². The van der Waals surface area contributed by atoms with E-state index in [4.69, 9.17) is 0 Å². The third kappa shape index (κ3) is 2.04. The van der Waals surface area contributed by atoms with Crippen LogP contribution in [0.2, 0.25) is 0 Å². The molecule has 4 aliphatic rings. The van der Waals surface area contributed by atoms with E-state index in [1.54, 1.807) is 5.56 Å². The predicted molar refractivity (Wildman–Crippen MR) is 98.8 cm³/mol. The summed E-state index contributed by atoms with van der Waals surface area (Å²) in [6, 6.07) is 22.3. The average molecular weight is 317 g/mol. The van der Waals surface area contributed by atoms with E-state index in [0.29, 0.717) is 11.0 Å². The van der Waals surface area contributed by atoms with Gasteiger partial charge in [-0.05, 0) is 35.8 Å². The van der Waals surface area contributed by atoms with Crippen LogP contribution >= 0.6 is 0 Å². The van der Waals surface area contributed by atoms with Gasteiger partial charge in [0.25, 0.3) is 0 Å². The Morgan fingerprint density at radius 3 is 2.12 bits per heavy atom. The second kappa shape index (κ2) is 5.46. The SMILES string of the molecule is c1ccc(CNC23CC(c4ccccc4)(C2)[C@@H]3C2CCCC2)cc1. The third-order valence-corrected chi connectivity index (χ3v) is 7.16. The van der Waals surface area contributed by atoms with E-state index in [2.05, 4.69) is 66.0 Å². The fourth-order valence-electron chi connectivity index (χ4n) is 6.24. The Morgan fingerprint density at radius 1 is 0.833 bits per heavy atom. The van der Waals surface area contributed by atoms with Crippen molar-refractivity contribution in [2.75, 3.05) is 0 Å². The summed E-state index contributed by atoms with van der Waals surface area (Å²) >= 11 is 0. The zero-order valence-electron chi connectivity index (χ0n) is 14.4. The highest BCUT2D eigenvalue weighted by molar-refractivity contribution is 5.45. The molecule has 1 atom stereocenters. The molecule has 1 nitrogen and oxygen atoms in total. The van der Waals surface area contributed by atoms with E-state index in [-0.39, 0.29) is 0 Å². The Balaban J connectivity index is 1.38. The van der Waals surface area contributed by atoms with Crippen molar-refractivity contribution < 1.29 is 0 Å². The number of hydrogen-bond acceptors (Lipinski definition) is 1. The van der Waals surface area contributed by atoms with E-state index in [1.807, 2.05) is 0 Å². The summed E-state index contributed by atoms with van der Waals surface area (Å²) in [6.45, 7) is 1.02. The molecule has 0 unspecified atom stereocenters. The van der Waals surface area contributed by atoms with Crippen LogP contribution in [0.1, 0.15) is 49.7 Å². The van der Waals surface area contributed by atoms with Crippen molar-refractivity contribution in [3.05, 3.63) is 71.8 Å². The molecular formula is C23H27N. The van der Waals surface area contributed by atoms with E-state index >= 15 is 0 Å². The Labute approximate surface area is 145 Å². The number of hydrogen-bond donors (Lipinski definition) is 1. The van der Waals surface area contributed by atoms with Crippen LogP contribution in [0.5, 0.6) is 0 Å². The van der Waals surface area contributed by atoms with Crippen molar-refractivity contribution >= 4 is 0 Å². The van der Waals surface area contributed by atoms with Crippen LogP contribution in [0, 0.1) is 11.8 Å². The molecule has 0 heterocycles. The van der Waals surface area contributed by atoms with Crippen LogP contribution in [-0.4, -0.2) is 5.54 Å². The van der Waals surface area contributed by atoms with Crippen LogP contribution in [0.25, 0.3) is 0 Å². The molecule has 0 radical (unpaired) electrons. The van der Waals surface area contributed by atoms with Gasteiger partial charge < -0.3 is 5.32 Å². The lowest BCUT2D eigenvalue weighted by molar-refractivity contribution is -0.196. The maximum absolute atomic E-state index is 4.00. The van der Waals surface area contributed by atoms with Gasteiger partial charge in [-0.1, -0.05) is 86.3 Å². The van der Waals surface area contributed by atoms with Crippen LogP contribution in [-0.2, 0) is 12.0 Å². The molecule has 0 spiro atoms. The molecule has 124 valence electrons. The summed E-state index contributed by atoms with van der Waals surface area (Å²) in [5, 5.41) is 4.00. The molecule has 2 bridgehead atoms. The van der Waals surface area contributed by atoms with Gasteiger partial charge in [-0.2, -0.15) is 0 Å². The van der Waals surface area contributed by atoms with Gasteiger partial charge >= 0.3 is 0 Å². The lowest BCUT2D eigenvalue weighted by atomic mass is 9.29. The van der Waals surface area contributed by atoms with Crippen LogP contribution in [0.4, 0.5) is 0 Å². The van der Waals surface area contributed by atoms with Gasteiger partial charge in [0.2, 0.25) is 0 Å². The second-order valence-corrected chi connectivity index (χ2v) is 8.39. The minimum absolute atomic E-state index is 0.417. The van der Waals surface area contributed by atoms with Crippen molar-refractivity contribution in [3.63, 3.8) is 0 Å². The highest BCUT2D eigenvalue weighted by Crippen LogP contribution is 2.75. The fraction of sp³-hybridized carbons (Fsp3) is 0.478. The summed E-state index contributed by atoms with van der Waals surface area (Å²) < 4.78 is 0. The number of benzene rings is 2. The molecule has 2 aromatic rings. The largest absolute Gasteiger partial charge is 0.307 e. The molecule has 4 saturated carbocycles. The maximum Gasteiger partial charge on any atom is 0.0241 e. The molecule has 0 aromatic heterocycles. The first-order valence-electron chi connectivity index (χ1n) is 9.67. The highest BCUT2D eigenvalue weighted by Gasteiger charge is 2.76. The van der Waals surface area contributed by atoms with Crippen LogP contribution in [0.3, 0.4) is 0 Å². The van der Waals surface area contributed by atoms with Gasteiger partial charge in [0.1, 0.15) is 0 Å². The Hall–Kier alpha value is -1.60. The predicted octanol–water partition coefficient (Wildman–Crippen LogP) is 5.07. The normalized spacial score (nSPS) is 34.6. The fourth-order valence-corrected chi connectivity index (χ4v) is 6.24. The van der Waals surface area contributed by atoms with E-state index < -0.39 is 0 Å². The molecule has 4 aliphatic carbocycles. The molecular weight excluding hydrogens is 290 g/mol. The average Bonchev–Trinajstić information content (AvgIpc) is 3.08. The van der Waals surface area contributed by atoms with Gasteiger partial charge in [-0.25, -0.2) is 0 Å². The topological polar surface area (TPSA) is 12.0 Å². The maximum atomic E-state index is 4.00. The highest BCUT2D eigenvalue weighted by atomic mass is 15.1. The summed E-state index contributed by atoms with van der Waals surface area (Å²) in [4.78, 5) is 0. The van der Waals surface area contributed by atoms with E-state index in [0.717, 1.165) is 18.4 Å². The van der Waals surface area contributed by atoms with Crippen molar-refractivity contribution in [2.24, 2.45) is 11.8 Å². The van der Waals surface area contributed by atoms with E-state index in [1.165, 1.54) is 44.1 Å². The monoisotopic (exact) mass is 317 g/mol.